The van der Waals surface area contributed by atoms with Gasteiger partial charge in [0.2, 0.25) is 0 Å². The number of amides is 1. The predicted molar refractivity (Wildman–Crippen MR) is 70.9 cm³/mol. The van der Waals surface area contributed by atoms with Crippen molar-refractivity contribution in [2.24, 2.45) is 11.8 Å². The van der Waals surface area contributed by atoms with Crippen LogP contribution in [0.1, 0.15) is 48.3 Å². The van der Waals surface area contributed by atoms with Crippen molar-refractivity contribution in [3.63, 3.8) is 0 Å². The first kappa shape index (κ1) is 12.4. The summed E-state index contributed by atoms with van der Waals surface area (Å²) in [5, 5.41) is 3.03. The summed E-state index contributed by atoms with van der Waals surface area (Å²) in [6, 6.07) is 0.237. The van der Waals surface area contributed by atoms with E-state index in [0.29, 0.717) is 11.7 Å². The summed E-state index contributed by atoms with van der Waals surface area (Å²) in [5.74, 6) is 1.63. The molecule has 0 spiro atoms. The first-order chi connectivity index (χ1) is 9.15. The number of rotatable bonds is 2. The van der Waals surface area contributed by atoms with Gasteiger partial charge < -0.3 is 10.3 Å². The third-order valence-corrected chi connectivity index (χ3v) is 4.57. The quantitative estimate of drug-likeness (QED) is 0.844. The molecule has 2 fully saturated rings. The Kier molecular flexibility index (Phi) is 3.12. The molecule has 2 saturated carbocycles. The zero-order chi connectivity index (χ0) is 13.4. The van der Waals surface area contributed by atoms with Crippen LogP contribution in [-0.2, 0) is 0 Å². The molecule has 1 heterocycles. The Hall–Kier alpha value is -1.65. The van der Waals surface area contributed by atoms with Gasteiger partial charge in [-0.3, -0.25) is 9.59 Å². The average Bonchev–Trinajstić information content (AvgIpc) is 2.94. The smallest absolute Gasteiger partial charge is 0.263 e. The molecule has 0 aromatic carbocycles. The van der Waals surface area contributed by atoms with Gasteiger partial charge in [0, 0.05) is 12.2 Å². The first-order valence-corrected chi connectivity index (χ1v) is 7.02. The van der Waals surface area contributed by atoms with Gasteiger partial charge in [-0.15, -0.1) is 0 Å². The Labute approximate surface area is 111 Å². The zero-order valence-corrected chi connectivity index (χ0v) is 11.1. The highest BCUT2D eigenvalue weighted by Gasteiger charge is 2.39. The maximum absolute atomic E-state index is 12.2. The minimum Gasteiger partial charge on any atom is -0.349 e. The summed E-state index contributed by atoms with van der Waals surface area (Å²) >= 11 is 0. The van der Waals surface area contributed by atoms with Crippen molar-refractivity contribution in [3.8, 4) is 0 Å². The SMILES string of the molecule is Cc1ncc(C(=O)NC2CCC3CCCC32)c(=O)[nH]1. The number of carbonyl (C=O) groups excluding carboxylic acids is 1. The lowest BCUT2D eigenvalue weighted by atomic mass is 9.97. The molecule has 3 atom stereocenters. The van der Waals surface area contributed by atoms with E-state index in [0.717, 1.165) is 12.3 Å². The first-order valence-electron chi connectivity index (χ1n) is 7.02. The van der Waals surface area contributed by atoms with Crippen LogP contribution in [0.3, 0.4) is 0 Å². The number of aromatic amines is 1. The van der Waals surface area contributed by atoms with Gasteiger partial charge in [0.25, 0.3) is 11.5 Å². The molecule has 3 unspecified atom stereocenters. The number of aromatic nitrogens is 2. The number of aryl methyl sites for hydroxylation is 1. The van der Waals surface area contributed by atoms with E-state index in [9.17, 15) is 9.59 Å². The number of nitrogens with zero attached hydrogens (tertiary/aromatic N) is 1. The maximum atomic E-state index is 12.2. The highest BCUT2D eigenvalue weighted by Crippen LogP contribution is 2.43. The fraction of sp³-hybridized carbons (Fsp3) is 0.643. The van der Waals surface area contributed by atoms with Crippen LogP contribution in [0, 0.1) is 18.8 Å². The average molecular weight is 261 g/mol. The molecule has 5 nitrogen and oxygen atoms in total. The molecule has 1 aromatic heterocycles. The molecule has 5 heteroatoms. The van der Waals surface area contributed by atoms with E-state index in [1.54, 1.807) is 6.92 Å². The number of carbonyl (C=O) groups is 1. The van der Waals surface area contributed by atoms with E-state index in [1.807, 2.05) is 0 Å². The van der Waals surface area contributed by atoms with Crippen molar-refractivity contribution < 1.29 is 4.79 Å². The molecule has 0 bridgehead atoms. The molecule has 2 aliphatic rings. The van der Waals surface area contributed by atoms with Crippen LogP contribution in [0.5, 0.6) is 0 Å². The summed E-state index contributed by atoms with van der Waals surface area (Å²) in [7, 11) is 0. The second-order valence-electron chi connectivity index (χ2n) is 5.72. The Balaban J connectivity index is 1.73. The molecule has 2 N–H and O–H groups in total. The Bertz CT molecular complexity index is 552. The van der Waals surface area contributed by atoms with E-state index in [4.69, 9.17) is 0 Å². The van der Waals surface area contributed by atoms with E-state index in [1.165, 1.54) is 31.9 Å². The molecule has 19 heavy (non-hydrogen) atoms. The Morgan fingerprint density at radius 3 is 3.00 bits per heavy atom. The van der Waals surface area contributed by atoms with Gasteiger partial charge in [-0.25, -0.2) is 4.98 Å². The second kappa shape index (κ2) is 4.79. The number of nitrogens with one attached hydrogen (secondary N) is 2. The van der Waals surface area contributed by atoms with Gasteiger partial charge in [0.1, 0.15) is 11.4 Å². The Morgan fingerprint density at radius 2 is 2.21 bits per heavy atom. The molecule has 0 aliphatic heterocycles. The van der Waals surface area contributed by atoms with Crippen LogP contribution in [0.2, 0.25) is 0 Å². The van der Waals surface area contributed by atoms with Crippen molar-refractivity contribution in [2.45, 2.75) is 45.1 Å². The van der Waals surface area contributed by atoms with Crippen LogP contribution < -0.4 is 10.9 Å². The molecular formula is C14H19N3O2. The topological polar surface area (TPSA) is 74.8 Å². The summed E-state index contributed by atoms with van der Waals surface area (Å²) in [4.78, 5) is 30.4. The lowest BCUT2D eigenvalue weighted by molar-refractivity contribution is 0.0924. The van der Waals surface area contributed by atoms with E-state index in [2.05, 4.69) is 15.3 Å². The second-order valence-corrected chi connectivity index (χ2v) is 5.72. The highest BCUT2D eigenvalue weighted by molar-refractivity contribution is 5.93. The van der Waals surface area contributed by atoms with E-state index in [-0.39, 0.29) is 23.1 Å². The zero-order valence-electron chi connectivity index (χ0n) is 11.1. The van der Waals surface area contributed by atoms with Gasteiger partial charge in [0.05, 0.1) is 0 Å². The van der Waals surface area contributed by atoms with Crippen molar-refractivity contribution in [3.05, 3.63) is 27.9 Å². The minimum atomic E-state index is -0.356. The molecule has 1 aromatic rings. The molecule has 2 aliphatic carbocycles. The standard InChI is InChI=1S/C14H19N3O2/c1-8-15-7-11(13(18)16-8)14(19)17-12-6-5-9-3-2-4-10(9)12/h7,9-10,12H,2-6H2,1H3,(H,17,19)(H,15,16,18). The summed E-state index contributed by atoms with van der Waals surface area (Å²) in [5.41, 5.74) is -0.238. The van der Waals surface area contributed by atoms with Gasteiger partial charge >= 0.3 is 0 Å². The van der Waals surface area contributed by atoms with Crippen molar-refractivity contribution in [2.75, 3.05) is 0 Å². The fourth-order valence-electron chi connectivity index (χ4n) is 3.63. The van der Waals surface area contributed by atoms with Crippen LogP contribution in [0.4, 0.5) is 0 Å². The normalized spacial score (nSPS) is 29.2. The number of fused-ring (bicyclic) bond motifs is 1. The summed E-state index contributed by atoms with van der Waals surface area (Å²) in [6.07, 6.45) is 7.39. The lowest BCUT2D eigenvalue weighted by Crippen LogP contribution is -2.40. The summed E-state index contributed by atoms with van der Waals surface area (Å²) in [6.45, 7) is 1.70. The monoisotopic (exact) mass is 261 g/mol. The van der Waals surface area contributed by atoms with E-state index >= 15 is 0 Å². The van der Waals surface area contributed by atoms with Crippen molar-refractivity contribution in [1.82, 2.24) is 15.3 Å². The number of hydrogen-bond acceptors (Lipinski definition) is 3. The number of H-pyrrole nitrogens is 1. The molecular weight excluding hydrogens is 242 g/mol. The minimum absolute atomic E-state index is 0.118. The maximum Gasteiger partial charge on any atom is 0.263 e. The number of hydrogen-bond donors (Lipinski definition) is 2. The molecule has 102 valence electrons. The summed E-state index contributed by atoms with van der Waals surface area (Å²) < 4.78 is 0. The molecule has 0 saturated heterocycles. The van der Waals surface area contributed by atoms with Crippen molar-refractivity contribution in [1.29, 1.82) is 0 Å². The van der Waals surface area contributed by atoms with Crippen LogP contribution in [-0.4, -0.2) is 21.9 Å². The van der Waals surface area contributed by atoms with Crippen LogP contribution >= 0.6 is 0 Å². The van der Waals surface area contributed by atoms with Gasteiger partial charge in [0.15, 0.2) is 0 Å². The third-order valence-electron chi connectivity index (χ3n) is 4.57. The third kappa shape index (κ3) is 2.29. The van der Waals surface area contributed by atoms with Gasteiger partial charge in [-0.2, -0.15) is 0 Å². The van der Waals surface area contributed by atoms with E-state index < -0.39 is 0 Å². The molecule has 3 rings (SSSR count). The highest BCUT2D eigenvalue weighted by atomic mass is 16.2. The Morgan fingerprint density at radius 1 is 1.37 bits per heavy atom. The van der Waals surface area contributed by atoms with Gasteiger partial charge in [-0.1, -0.05) is 12.8 Å². The molecule has 0 radical (unpaired) electrons. The van der Waals surface area contributed by atoms with Crippen molar-refractivity contribution >= 4 is 5.91 Å². The predicted octanol–water partition coefficient (Wildman–Crippen LogP) is 1.39. The van der Waals surface area contributed by atoms with Gasteiger partial charge in [-0.05, 0) is 38.0 Å². The van der Waals surface area contributed by atoms with Crippen LogP contribution in [0.25, 0.3) is 0 Å². The molecule has 1 amide bonds. The largest absolute Gasteiger partial charge is 0.349 e. The van der Waals surface area contributed by atoms with Crippen LogP contribution in [0.15, 0.2) is 11.0 Å². The fourth-order valence-corrected chi connectivity index (χ4v) is 3.63. The lowest BCUT2D eigenvalue weighted by Gasteiger charge is -2.19.